The molecule has 0 spiro atoms. The van der Waals surface area contributed by atoms with Gasteiger partial charge in [0.15, 0.2) is 11.5 Å². The lowest BCUT2D eigenvalue weighted by Gasteiger charge is -2.23. The highest BCUT2D eigenvalue weighted by Gasteiger charge is 2.29. The van der Waals surface area contributed by atoms with Crippen molar-refractivity contribution in [1.29, 1.82) is 0 Å². The third-order valence-corrected chi connectivity index (χ3v) is 8.32. The summed E-state index contributed by atoms with van der Waals surface area (Å²) in [5.41, 5.74) is 3.51. The van der Waals surface area contributed by atoms with Crippen molar-refractivity contribution in [2.45, 2.75) is 37.5 Å². The predicted molar refractivity (Wildman–Crippen MR) is 137 cm³/mol. The second-order valence-electron chi connectivity index (χ2n) is 8.80. The molecule has 2 aromatic carbocycles. The second-order valence-corrected chi connectivity index (χ2v) is 10.8. The molecule has 0 unspecified atom stereocenters. The van der Waals surface area contributed by atoms with Crippen molar-refractivity contribution < 1.29 is 27.4 Å². The summed E-state index contributed by atoms with van der Waals surface area (Å²) in [6.07, 6.45) is 1.50. The van der Waals surface area contributed by atoms with Crippen LogP contribution >= 0.6 is 0 Å². The summed E-state index contributed by atoms with van der Waals surface area (Å²) in [4.78, 5) is 12.6. The number of hydrazone groups is 1. The Morgan fingerprint density at radius 3 is 2.33 bits per heavy atom. The van der Waals surface area contributed by atoms with Gasteiger partial charge in [0.1, 0.15) is 0 Å². The van der Waals surface area contributed by atoms with Gasteiger partial charge in [0.25, 0.3) is 0 Å². The first-order chi connectivity index (χ1) is 17.3. The van der Waals surface area contributed by atoms with E-state index in [1.165, 1.54) is 5.01 Å². The molecule has 0 bridgehead atoms. The van der Waals surface area contributed by atoms with E-state index in [0.29, 0.717) is 55.4 Å². The molecule has 0 aromatic heterocycles. The molecular weight excluding hydrogens is 484 g/mol. The zero-order chi connectivity index (χ0) is 25.9. The number of nitrogens with zero attached hydrogens (tertiary/aromatic N) is 2. The molecule has 10 nitrogen and oxygen atoms in total. The van der Waals surface area contributed by atoms with Crippen molar-refractivity contribution in [2.24, 2.45) is 5.10 Å². The fourth-order valence-corrected chi connectivity index (χ4v) is 5.92. The number of amides is 2. The standard InChI is InChI=1S/C25H32N4O6S/c1-16-13-18-14-22(33-3)23(34-4)15-21(18)24(27-29(16)25(30)26-2)17-5-7-19(8-6-17)28-36(31,32)20-9-11-35-12-10-20/h5-8,14-16,20,28H,9-13H2,1-4H3,(H,26,30)/t16-/m0/s1. The number of carbonyl (C=O) groups is 1. The topological polar surface area (TPSA) is 119 Å². The van der Waals surface area contributed by atoms with Crippen molar-refractivity contribution in [3.63, 3.8) is 0 Å². The lowest BCUT2D eigenvalue weighted by molar-refractivity contribution is 0.0984. The Morgan fingerprint density at radius 1 is 1.08 bits per heavy atom. The van der Waals surface area contributed by atoms with E-state index >= 15 is 0 Å². The van der Waals surface area contributed by atoms with Gasteiger partial charge < -0.3 is 19.5 Å². The molecule has 1 saturated heterocycles. The fourth-order valence-electron chi connectivity index (χ4n) is 4.48. The maximum absolute atomic E-state index is 12.8. The summed E-state index contributed by atoms with van der Waals surface area (Å²) < 4.78 is 44.6. The number of hydrogen-bond donors (Lipinski definition) is 2. The smallest absolute Gasteiger partial charge is 0.337 e. The average Bonchev–Trinajstić information content (AvgIpc) is 3.03. The van der Waals surface area contributed by atoms with Gasteiger partial charge in [0, 0.05) is 37.1 Å². The molecule has 36 heavy (non-hydrogen) atoms. The van der Waals surface area contributed by atoms with Gasteiger partial charge in [0.05, 0.1) is 31.2 Å². The molecule has 1 fully saturated rings. The number of fused-ring (bicyclic) bond motifs is 1. The molecule has 11 heteroatoms. The number of urea groups is 1. The molecule has 2 aromatic rings. The zero-order valence-electron chi connectivity index (χ0n) is 20.9. The maximum atomic E-state index is 12.8. The number of sulfonamides is 1. The summed E-state index contributed by atoms with van der Waals surface area (Å²) in [5.74, 6) is 1.14. The van der Waals surface area contributed by atoms with Crippen LogP contribution in [0.3, 0.4) is 0 Å². The summed E-state index contributed by atoms with van der Waals surface area (Å²) >= 11 is 0. The van der Waals surface area contributed by atoms with Crippen LogP contribution in [0.4, 0.5) is 10.5 Å². The van der Waals surface area contributed by atoms with Crippen molar-refractivity contribution >= 4 is 27.5 Å². The minimum absolute atomic E-state index is 0.218. The first-order valence-corrected chi connectivity index (χ1v) is 13.4. The van der Waals surface area contributed by atoms with Gasteiger partial charge >= 0.3 is 6.03 Å². The highest BCUT2D eigenvalue weighted by Crippen LogP contribution is 2.35. The van der Waals surface area contributed by atoms with E-state index in [0.717, 1.165) is 16.7 Å². The van der Waals surface area contributed by atoms with Gasteiger partial charge in [0.2, 0.25) is 10.0 Å². The number of carbonyl (C=O) groups excluding carboxylic acids is 1. The molecule has 2 N–H and O–H groups in total. The van der Waals surface area contributed by atoms with E-state index in [-0.39, 0.29) is 12.1 Å². The average molecular weight is 517 g/mol. The summed E-state index contributed by atoms with van der Waals surface area (Å²) in [5, 5.41) is 8.33. The van der Waals surface area contributed by atoms with Crippen molar-refractivity contribution in [2.75, 3.05) is 39.2 Å². The highest BCUT2D eigenvalue weighted by atomic mass is 32.2. The number of ether oxygens (including phenoxy) is 3. The van der Waals surface area contributed by atoms with Crippen LogP contribution in [-0.4, -0.2) is 70.9 Å². The third-order valence-electron chi connectivity index (χ3n) is 6.45. The lowest BCUT2D eigenvalue weighted by atomic mass is 9.94. The second kappa shape index (κ2) is 10.8. The molecule has 0 radical (unpaired) electrons. The molecule has 2 aliphatic heterocycles. The van der Waals surface area contributed by atoms with Crippen LogP contribution in [0, 0.1) is 0 Å². The molecular formula is C25H32N4O6S. The molecule has 194 valence electrons. The molecule has 2 amide bonds. The summed E-state index contributed by atoms with van der Waals surface area (Å²) in [6, 6.07) is 10.2. The van der Waals surface area contributed by atoms with Crippen LogP contribution in [-0.2, 0) is 21.2 Å². The Morgan fingerprint density at radius 2 is 1.72 bits per heavy atom. The van der Waals surface area contributed by atoms with E-state index in [4.69, 9.17) is 19.3 Å². The van der Waals surface area contributed by atoms with Gasteiger partial charge in [-0.25, -0.2) is 18.2 Å². The molecule has 0 saturated carbocycles. The minimum Gasteiger partial charge on any atom is -0.493 e. The molecule has 1 atom stereocenters. The molecule has 4 rings (SSSR count). The van der Waals surface area contributed by atoms with Gasteiger partial charge in [-0.15, -0.1) is 0 Å². The lowest BCUT2D eigenvalue weighted by Crippen LogP contribution is -2.41. The quantitative estimate of drug-likeness (QED) is 0.610. The molecule has 0 aliphatic carbocycles. The number of rotatable bonds is 6. The Kier molecular flexibility index (Phi) is 7.70. The number of benzene rings is 2. The molecule has 2 aliphatic rings. The van der Waals surface area contributed by atoms with Crippen LogP contribution in [0.15, 0.2) is 41.5 Å². The van der Waals surface area contributed by atoms with Crippen LogP contribution in [0.5, 0.6) is 11.5 Å². The Labute approximate surface area is 211 Å². The Bertz CT molecular complexity index is 1240. The fraction of sp³-hybridized carbons (Fsp3) is 0.440. The minimum atomic E-state index is -3.53. The maximum Gasteiger partial charge on any atom is 0.337 e. The summed E-state index contributed by atoms with van der Waals surface area (Å²) in [7, 11) is 1.18. The van der Waals surface area contributed by atoms with E-state index in [1.807, 2.05) is 19.1 Å². The van der Waals surface area contributed by atoms with E-state index in [1.54, 1.807) is 45.5 Å². The van der Waals surface area contributed by atoms with E-state index < -0.39 is 15.3 Å². The van der Waals surface area contributed by atoms with Crippen LogP contribution in [0.2, 0.25) is 0 Å². The number of methoxy groups -OCH3 is 2. The van der Waals surface area contributed by atoms with Crippen LogP contribution in [0.1, 0.15) is 36.5 Å². The number of anilines is 1. The Balaban J connectivity index is 1.72. The van der Waals surface area contributed by atoms with E-state index in [9.17, 15) is 13.2 Å². The van der Waals surface area contributed by atoms with E-state index in [2.05, 4.69) is 10.0 Å². The monoisotopic (exact) mass is 516 g/mol. The molecule has 2 heterocycles. The summed E-state index contributed by atoms with van der Waals surface area (Å²) in [6.45, 7) is 2.81. The highest BCUT2D eigenvalue weighted by molar-refractivity contribution is 7.93. The first-order valence-electron chi connectivity index (χ1n) is 11.8. The van der Waals surface area contributed by atoms with Crippen LogP contribution < -0.4 is 19.5 Å². The van der Waals surface area contributed by atoms with Crippen molar-refractivity contribution in [1.82, 2.24) is 10.3 Å². The van der Waals surface area contributed by atoms with Gasteiger partial charge in [-0.1, -0.05) is 12.1 Å². The van der Waals surface area contributed by atoms with Crippen molar-refractivity contribution in [3.05, 3.63) is 53.1 Å². The Hall–Kier alpha value is -3.31. The van der Waals surface area contributed by atoms with Crippen molar-refractivity contribution in [3.8, 4) is 11.5 Å². The predicted octanol–water partition coefficient (Wildman–Crippen LogP) is 2.96. The van der Waals surface area contributed by atoms with Gasteiger partial charge in [-0.05, 0) is 56.0 Å². The van der Waals surface area contributed by atoms with Gasteiger partial charge in [-0.2, -0.15) is 5.10 Å². The number of nitrogens with one attached hydrogen (secondary N) is 2. The third kappa shape index (κ3) is 5.26. The largest absolute Gasteiger partial charge is 0.493 e. The van der Waals surface area contributed by atoms with Gasteiger partial charge in [-0.3, -0.25) is 4.72 Å². The number of hydrogen-bond acceptors (Lipinski definition) is 7. The zero-order valence-corrected chi connectivity index (χ0v) is 21.7. The van der Waals surface area contributed by atoms with Crippen LogP contribution in [0.25, 0.3) is 0 Å². The first kappa shape index (κ1) is 25.8. The SMILES string of the molecule is CNC(=O)N1N=C(c2ccc(NS(=O)(=O)C3CCOCC3)cc2)c2cc(OC)c(OC)cc2C[C@@H]1C. The normalized spacial score (nSPS) is 18.5.